The molecule has 1 aromatic carbocycles. The van der Waals surface area contributed by atoms with Gasteiger partial charge in [0.05, 0.1) is 6.10 Å². The van der Waals surface area contributed by atoms with Crippen LogP contribution in [-0.2, 0) is 28.1 Å². The Morgan fingerprint density at radius 3 is 2.32 bits per heavy atom. The van der Waals surface area contributed by atoms with Crippen LogP contribution in [0, 0.1) is 0 Å². The van der Waals surface area contributed by atoms with E-state index in [4.69, 9.17) is 29.0 Å². The summed E-state index contributed by atoms with van der Waals surface area (Å²) in [5, 5.41) is 13.5. The molecule has 0 aliphatic rings. The standard InChI is InChI=1S/C22H33N4O10P/c1-14(2)35-20(29)15(3)25-37(31,36-16-9-7-6-8-10-16)34-13-22(32-4,33-5)18(28)19(23)26-12-11-17(27)24-21(26)30/h6-12,14-15,18-19,28H,13,23H2,1-5H3,(H,25,31)(H,24,27,30)/t15-,18+,19+,37?/m1/s1. The zero-order valence-electron chi connectivity index (χ0n) is 21.2. The number of aromatic nitrogens is 2. The minimum Gasteiger partial charge on any atom is -0.462 e. The van der Waals surface area contributed by atoms with Gasteiger partial charge in [-0.25, -0.2) is 9.36 Å². The number of methoxy groups -OCH3 is 2. The number of esters is 1. The average molecular weight is 544 g/mol. The molecule has 0 aliphatic heterocycles. The third kappa shape index (κ3) is 8.07. The van der Waals surface area contributed by atoms with Gasteiger partial charge >= 0.3 is 19.4 Å². The Hall–Kier alpha value is -2.84. The Kier molecular flexibility index (Phi) is 10.8. The summed E-state index contributed by atoms with van der Waals surface area (Å²) in [5.74, 6) is -2.63. The highest BCUT2D eigenvalue weighted by Gasteiger charge is 2.46. The fourth-order valence-corrected chi connectivity index (χ4v) is 4.62. The Morgan fingerprint density at radius 2 is 1.78 bits per heavy atom. The zero-order chi connectivity index (χ0) is 27.8. The summed E-state index contributed by atoms with van der Waals surface area (Å²) in [6.07, 6.45) is -2.62. The Labute approximate surface area is 213 Å². The lowest BCUT2D eigenvalue weighted by Crippen LogP contribution is -2.57. The second-order valence-electron chi connectivity index (χ2n) is 8.18. The Balaban J connectivity index is 2.34. The smallest absolute Gasteiger partial charge is 0.459 e. The molecule has 15 heteroatoms. The molecule has 206 valence electrons. The molecule has 5 N–H and O–H groups in total. The van der Waals surface area contributed by atoms with Crippen LogP contribution in [0.3, 0.4) is 0 Å². The number of nitrogens with zero attached hydrogens (tertiary/aromatic N) is 1. The quantitative estimate of drug-likeness (QED) is 0.146. The van der Waals surface area contributed by atoms with Crippen LogP contribution in [0.1, 0.15) is 26.9 Å². The third-order valence-electron chi connectivity index (χ3n) is 5.10. The summed E-state index contributed by atoms with van der Waals surface area (Å²) >= 11 is 0. The molecule has 0 bridgehead atoms. The lowest BCUT2D eigenvalue weighted by Gasteiger charge is -2.38. The fourth-order valence-electron chi connectivity index (χ4n) is 3.11. The van der Waals surface area contributed by atoms with E-state index in [0.29, 0.717) is 0 Å². The highest BCUT2D eigenvalue weighted by atomic mass is 31.2. The summed E-state index contributed by atoms with van der Waals surface area (Å²) in [5.41, 5.74) is 4.50. The largest absolute Gasteiger partial charge is 0.462 e. The van der Waals surface area contributed by atoms with E-state index in [1.165, 1.54) is 19.1 Å². The maximum atomic E-state index is 13.7. The summed E-state index contributed by atoms with van der Waals surface area (Å²) in [7, 11) is -2.03. The van der Waals surface area contributed by atoms with Crippen molar-refractivity contribution in [3.8, 4) is 5.75 Å². The molecule has 1 unspecified atom stereocenters. The van der Waals surface area contributed by atoms with Crippen molar-refractivity contribution in [1.29, 1.82) is 0 Å². The molecule has 0 spiro atoms. The van der Waals surface area contributed by atoms with Crippen molar-refractivity contribution in [2.24, 2.45) is 5.73 Å². The number of hydrogen-bond acceptors (Lipinski definition) is 11. The van der Waals surface area contributed by atoms with Crippen LogP contribution in [0.4, 0.5) is 0 Å². The van der Waals surface area contributed by atoms with Gasteiger partial charge in [0.1, 0.15) is 30.7 Å². The summed E-state index contributed by atoms with van der Waals surface area (Å²) in [6, 6.07) is 7.93. The number of benzene rings is 1. The van der Waals surface area contributed by atoms with Gasteiger partial charge in [-0.15, -0.1) is 0 Å². The number of aliphatic hydroxyl groups excluding tert-OH is 1. The summed E-state index contributed by atoms with van der Waals surface area (Å²) in [6.45, 7) is 3.98. The normalized spacial score (nSPS) is 16.0. The third-order valence-corrected chi connectivity index (χ3v) is 6.72. The number of H-pyrrole nitrogens is 1. The molecule has 2 rings (SSSR count). The van der Waals surface area contributed by atoms with Gasteiger partial charge in [-0.1, -0.05) is 18.2 Å². The van der Waals surface area contributed by atoms with Crippen molar-refractivity contribution in [1.82, 2.24) is 14.6 Å². The molecule has 0 fully saturated rings. The molecule has 0 aliphatic carbocycles. The van der Waals surface area contributed by atoms with Gasteiger partial charge in [0.25, 0.3) is 5.56 Å². The highest BCUT2D eigenvalue weighted by Crippen LogP contribution is 2.46. The highest BCUT2D eigenvalue weighted by molar-refractivity contribution is 7.52. The number of carbonyl (C=O) groups is 1. The first-order chi connectivity index (χ1) is 17.4. The molecular formula is C22H33N4O10P. The van der Waals surface area contributed by atoms with Gasteiger partial charge in [0.2, 0.25) is 5.79 Å². The summed E-state index contributed by atoms with van der Waals surface area (Å²) < 4.78 is 41.5. The lowest BCUT2D eigenvalue weighted by atomic mass is 10.1. The van der Waals surface area contributed by atoms with Gasteiger partial charge < -0.3 is 29.6 Å². The van der Waals surface area contributed by atoms with Crippen molar-refractivity contribution >= 4 is 13.7 Å². The zero-order valence-corrected chi connectivity index (χ0v) is 22.0. The first-order valence-electron chi connectivity index (χ1n) is 11.2. The van der Waals surface area contributed by atoms with E-state index < -0.39 is 61.8 Å². The second kappa shape index (κ2) is 13.1. The number of nitrogens with one attached hydrogen (secondary N) is 2. The van der Waals surface area contributed by atoms with E-state index in [9.17, 15) is 24.1 Å². The van der Waals surface area contributed by atoms with Crippen LogP contribution in [0.25, 0.3) is 0 Å². The lowest BCUT2D eigenvalue weighted by molar-refractivity contribution is -0.280. The maximum absolute atomic E-state index is 13.7. The van der Waals surface area contributed by atoms with E-state index in [1.54, 1.807) is 32.0 Å². The Bertz CT molecular complexity index is 1180. The number of carbonyl (C=O) groups excluding carboxylic acids is 1. The van der Waals surface area contributed by atoms with Crippen LogP contribution >= 0.6 is 7.75 Å². The topological polar surface area (TPSA) is 193 Å². The number of aliphatic hydroxyl groups is 1. The van der Waals surface area contributed by atoms with Gasteiger partial charge in [0, 0.05) is 26.5 Å². The van der Waals surface area contributed by atoms with Gasteiger partial charge in [-0.3, -0.25) is 23.7 Å². The first kappa shape index (κ1) is 30.4. The fraction of sp³-hybridized carbons (Fsp3) is 0.500. The predicted molar refractivity (Wildman–Crippen MR) is 132 cm³/mol. The molecule has 14 nitrogen and oxygen atoms in total. The number of ether oxygens (including phenoxy) is 3. The minimum atomic E-state index is -4.35. The van der Waals surface area contributed by atoms with Crippen molar-refractivity contribution < 1.29 is 37.7 Å². The van der Waals surface area contributed by atoms with Crippen LogP contribution in [0.2, 0.25) is 0 Å². The number of rotatable bonds is 14. The molecular weight excluding hydrogens is 511 g/mol. The minimum absolute atomic E-state index is 0.153. The first-order valence-corrected chi connectivity index (χ1v) is 12.7. The number of nitrogens with two attached hydrogens (primary N) is 1. The molecule has 0 radical (unpaired) electrons. The van der Waals surface area contributed by atoms with E-state index in [0.717, 1.165) is 31.0 Å². The molecule has 1 heterocycles. The van der Waals surface area contributed by atoms with Gasteiger partial charge in [-0.05, 0) is 32.9 Å². The van der Waals surface area contributed by atoms with E-state index >= 15 is 0 Å². The van der Waals surface area contributed by atoms with Gasteiger partial charge in [0.15, 0.2) is 0 Å². The molecule has 0 saturated heterocycles. The number of hydrogen-bond donors (Lipinski definition) is 4. The SMILES string of the molecule is COC(COP(=O)(N[C@H](C)C(=O)OC(C)C)Oc1ccccc1)(OC)[C@@H](O)[C@@H](N)n1ccc(=O)[nH]c1=O. The Morgan fingerprint density at radius 1 is 1.16 bits per heavy atom. The summed E-state index contributed by atoms with van der Waals surface area (Å²) in [4.78, 5) is 37.9. The second-order valence-corrected chi connectivity index (χ2v) is 9.88. The van der Waals surface area contributed by atoms with Crippen molar-refractivity contribution in [3.05, 3.63) is 63.4 Å². The molecule has 2 aromatic rings. The van der Waals surface area contributed by atoms with E-state index in [-0.39, 0.29) is 5.75 Å². The molecule has 0 saturated carbocycles. The van der Waals surface area contributed by atoms with E-state index in [1.807, 2.05) is 4.98 Å². The van der Waals surface area contributed by atoms with Crippen molar-refractivity contribution in [3.63, 3.8) is 0 Å². The van der Waals surface area contributed by atoms with Gasteiger partial charge in [-0.2, -0.15) is 5.09 Å². The predicted octanol–water partition coefficient (Wildman–Crippen LogP) is 0.477. The van der Waals surface area contributed by atoms with E-state index in [2.05, 4.69) is 5.09 Å². The maximum Gasteiger partial charge on any atom is 0.459 e. The van der Waals surface area contributed by atoms with Crippen LogP contribution in [0.5, 0.6) is 5.75 Å². The average Bonchev–Trinajstić information content (AvgIpc) is 2.84. The van der Waals surface area contributed by atoms with Crippen LogP contribution < -0.4 is 26.6 Å². The van der Waals surface area contributed by atoms with Crippen molar-refractivity contribution in [2.75, 3.05) is 20.8 Å². The molecule has 4 atom stereocenters. The molecule has 1 aromatic heterocycles. The van der Waals surface area contributed by atoms with Crippen LogP contribution in [-0.4, -0.2) is 65.5 Å². The molecule has 0 amide bonds. The number of para-hydroxylation sites is 1. The monoisotopic (exact) mass is 544 g/mol. The molecule has 37 heavy (non-hydrogen) atoms. The van der Waals surface area contributed by atoms with Crippen molar-refractivity contribution in [2.45, 2.75) is 51.0 Å². The number of aromatic amines is 1. The van der Waals surface area contributed by atoms with Crippen LogP contribution in [0.15, 0.2) is 52.2 Å².